The molecule has 3 aromatic carbocycles. The number of rotatable bonds is 10. The molecule has 3 aromatic rings. The molecule has 2 amide bonds. The first-order valence-corrected chi connectivity index (χ1v) is 13.4. The Morgan fingerprint density at radius 1 is 0.833 bits per heavy atom. The summed E-state index contributed by atoms with van der Waals surface area (Å²) in [4.78, 5) is 29.2. The molecule has 1 fully saturated rings. The molecule has 0 heterocycles. The second-order valence-electron chi connectivity index (χ2n) is 9.40. The van der Waals surface area contributed by atoms with E-state index >= 15 is 0 Å². The molecular formula is C30H32Cl2N2O2. The molecule has 0 saturated heterocycles. The van der Waals surface area contributed by atoms with Gasteiger partial charge in [0.25, 0.3) is 0 Å². The van der Waals surface area contributed by atoms with E-state index in [0.717, 1.165) is 42.4 Å². The van der Waals surface area contributed by atoms with Gasteiger partial charge in [0.1, 0.15) is 6.04 Å². The summed E-state index contributed by atoms with van der Waals surface area (Å²) in [5.74, 6) is -0.207. The average Bonchev–Trinajstić information content (AvgIpc) is 3.40. The largest absolute Gasteiger partial charge is 0.352 e. The Balaban J connectivity index is 1.63. The monoisotopic (exact) mass is 522 g/mol. The van der Waals surface area contributed by atoms with Crippen molar-refractivity contribution in [1.29, 1.82) is 0 Å². The fourth-order valence-corrected chi connectivity index (χ4v) is 5.24. The highest BCUT2D eigenvalue weighted by Gasteiger charge is 2.32. The molecule has 4 nitrogen and oxygen atoms in total. The van der Waals surface area contributed by atoms with Crippen molar-refractivity contribution in [3.05, 3.63) is 106 Å². The Bertz CT molecular complexity index is 1160. The predicted molar refractivity (Wildman–Crippen MR) is 146 cm³/mol. The molecule has 1 saturated carbocycles. The van der Waals surface area contributed by atoms with Crippen LogP contribution in [0, 0.1) is 0 Å². The first kappa shape index (κ1) is 26.2. The lowest BCUT2D eigenvalue weighted by molar-refractivity contribution is -0.141. The first-order chi connectivity index (χ1) is 17.5. The van der Waals surface area contributed by atoms with Crippen LogP contribution in [0.15, 0.2) is 78.9 Å². The molecule has 6 heteroatoms. The summed E-state index contributed by atoms with van der Waals surface area (Å²) in [6.45, 7) is 0.261. The van der Waals surface area contributed by atoms with Gasteiger partial charge < -0.3 is 10.2 Å². The van der Waals surface area contributed by atoms with E-state index in [1.807, 2.05) is 78.9 Å². The van der Waals surface area contributed by atoms with Gasteiger partial charge in [0, 0.05) is 35.5 Å². The number of nitrogens with one attached hydrogen (secondary N) is 1. The van der Waals surface area contributed by atoms with Gasteiger partial charge in [0.2, 0.25) is 11.8 Å². The molecular weight excluding hydrogens is 491 g/mol. The summed E-state index contributed by atoms with van der Waals surface area (Å²) in [5, 5.41) is 4.45. The van der Waals surface area contributed by atoms with Crippen LogP contribution < -0.4 is 5.32 Å². The van der Waals surface area contributed by atoms with Crippen LogP contribution in [0.25, 0.3) is 0 Å². The van der Waals surface area contributed by atoms with Gasteiger partial charge in [-0.05, 0) is 48.1 Å². The minimum Gasteiger partial charge on any atom is -0.352 e. The Hall–Kier alpha value is -2.82. The van der Waals surface area contributed by atoms with Crippen LogP contribution >= 0.6 is 23.2 Å². The number of benzene rings is 3. The molecule has 0 bridgehead atoms. The zero-order valence-corrected chi connectivity index (χ0v) is 21.8. The predicted octanol–water partition coefficient (Wildman–Crippen LogP) is 6.62. The second kappa shape index (κ2) is 12.9. The van der Waals surface area contributed by atoms with Gasteiger partial charge in [0.05, 0.1) is 0 Å². The quantitative estimate of drug-likeness (QED) is 0.325. The SMILES string of the molecule is O=C(NC1CCCC1)[C@H](Cc1ccccc1)N(Cc1ccccc1Cl)C(=O)CCc1ccccc1Cl. The van der Waals surface area contributed by atoms with E-state index in [1.165, 1.54) is 0 Å². The lowest BCUT2D eigenvalue weighted by Gasteiger charge is -2.32. The molecule has 0 spiro atoms. The second-order valence-corrected chi connectivity index (χ2v) is 10.2. The summed E-state index contributed by atoms with van der Waals surface area (Å²) < 4.78 is 0. The number of hydrogen-bond donors (Lipinski definition) is 1. The molecule has 1 atom stereocenters. The van der Waals surface area contributed by atoms with Crippen LogP contribution in [0.1, 0.15) is 48.8 Å². The number of carbonyl (C=O) groups excluding carboxylic acids is 2. The molecule has 4 rings (SSSR count). The highest BCUT2D eigenvalue weighted by molar-refractivity contribution is 6.31. The Morgan fingerprint density at radius 2 is 1.42 bits per heavy atom. The summed E-state index contributed by atoms with van der Waals surface area (Å²) in [5.41, 5.74) is 2.74. The van der Waals surface area contributed by atoms with Crippen molar-refractivity contribution in [2.45, 2.75) is 63.6 Å². The Labute approximate surface area is 223 Å². The number of halogens is 2. The fraction of sp³-hybridized carbons (Fsp3) is 0.333. The van der Waals surface area contributed by atoms with Crippen molar-refractivity contribution in [1.82, 2.24) is 10.2 Å². The minimum absolute atomic E-state index is 0.0997. The van der Waals surface area contributed by atoms with Gasteiger partial charge in [-0.15, -0.1) is 0 Å². The van der Waals surface area contributed by atoms with Crippen LogP contribution in [0.3, 0.4) is 0 Å². The van der Waals surface area contributed by atoms with E-state index in [0.29, 0.717) is 22.9 Å². The van der Waals surface area contributed by atoms with Crippen molar-refractivity contribution in [3.8, 4) is 0 Å². The van der Waals surface area contributed by atoms with Gasteiger partial charge in [0.15, 0.2) is 0 Å². The van der Waals surface area contributed by atoms with Crippen molar-refractivity contribution < 1.29 is 9.59 Å². The molecule has 1 N–H and O–H groups in total. The minimum atomic E-state index is -0.650. The van der Waals surface area contributed by atoms with Crippen molar-refractivity contribution in [3.63, 3.8) is 0 Å². The molecule has 1 aliphatic carbocycles. The summed E-state index contributed by atoms with van der Waals surface area (Å²) in [6.07, 6.45) is 5.38. The van der Waals surface area contributed by atoms with Crippen molar-refractivity contribution in [2.75, 3.05) is 0 Å². The lowest BCUT2D eigenvalue weighted by atomic mass is 10.0. The average molecular weight is 524 g/mol. The van der Waals surface area contributed by atoms with Gasteiger partial charge in [-0.3, -0.25) is 9.59 Å². The first-order valence-electron chi connectivity index (χ1n) is 12.6. The molecule has 0 radical (unpaired) electrons. The molecule has 0 aromatic heterocycles. The maximum Gasteiger partial charge on any atom is 0.243 e. The van der Waals surface area contributed by atoms with Crippen LogP contribution in [-0.2, 0) is 29.0 Å². The standard InChI is InChI=1S/C30H32Cl2N2O2/c31-26-16-8-4-12-23(26)18-19-29(35)34(21-24-13-5-9-17-27(24)32)28(20-22-10-2-1-3-11-22)30(36)33-25-14-6-7-15-25/h1-5,8-13,16-17,25,28H,6-7,14-15,18-21H2,(H,33,36)/t28-/m0/s1. The molecule has 36 heavy (non-hydrogen) atoms. The number of nitrogens with zero attached hydrogens (tertiary/aromatic N) is 1. The number of aryl methyl sites for hydroxylation is 1. The topological polar surface area (TPSA) is 49.4 Å². The normalized spacial score (nSPS) is 14.4. The van der Waals surface area contributed by atoms with Crippen LogP contribution in [0.2, 0.25) is 10.0 Å². The summed E-state index contributed by atoms with van der Waals surface area (Å²) in [7, 11) is 0. The zero-order valence-electron chi connectivity index (χ0n) is 20.3. The van der Waals surface area contributed by atoms with Crippen molar-refractivity contribution in [2.24, 2.45) is 0 Å². The van der Waals surface area contributed by atoms with Gasteiger partial charge in [-0.1, -0.05) is 103 Å². The maximum atomic E-state index is 13.8. The highest BCUT2D eigenvalue weighted by Crippen LogP contribution is 2.24. The molecule has 188 valence electrons. The van der Waals surface area contributed by atoms with E-state index in [9.17, 15) is 9.59 Å². The van der Waals surface area contributed by atoms with E-state index in [4.69, 9.17) is 23.2 Å². The van der Waals surface area contributed by atoms with E-state index < -0.39 is 6.04 Å². The zero-order chi connectivity index (χ0) is 25.3. The van der Waals surface area contributed by atoms with Crippen LogP contribution in [0.5, 0.6) is 0 Å². The highest BCUT2D eigenvalue weighted by atomic mass is 35.5. The van der Waals surface area contributed by atoms with Crippen LogP contribution in [-0.4, -0.2) is 28.8 Å². The van der Waals surface area contributed by atoms with Gasteiger partial charge in [-0.25, -0.2) is 0 Å². The Morgan fingerprint density at radius 3 is 2.06 bits per heavy atom. The third kappa shape index (κ3) is 7.11. The molecule has 0 aliphatic heterocycles. The summed E-state index contributed by atoms with van der Waals surface area (Å²) in [6, 6.07) is 24.4. The maximum absolute atomic E-state index is 13.8. The smallest absolute Gasteiger partial charge is 0.243 e. The molecule has 1 aliphatic rings. The van der Waals surface area contributed by atoms with Gasteiger partial charge in [-0.2, -0.15) is 0 Å². The third-order valence-electron chi connectivity index (χ3n) is 6.84. The number of carbonyl (C=O) groups is 2. The third-order valence-corrected chi connectivity index (χ3v) is 7.57. The molecule has 0 unspecified atom stereocenters. The van der Waals surface area contributed by atoms with Crippen molar-refractivity contribution >= 4 is 35.0 Å². The van der Waals surface area contributed by atoms with E-state index in [1.54, 1.807) is 4.90 Å². The number of amides is 2. The fourth-order valence-electron chi connectivity index (χ4n) is 4.82. The van der Waals surface area contributed by atoms with E-state index in [2.05, 4.69) is 5.32 Å². The Kier molecular flexibility index (Phi) is 9.43. The van der Waals surface area contributed by atoms with E-state index in [-0.39, 0.29) is 30.8 Å². The number of hydrogen-bond acceptors (Lipinski definition) is 2. The van der Waals surface area contributed by atoms with Crippen LogP contribution in [0.4, 0.5) is 0 Å². The lowest BCUT2D eigenvalue weighted by Crippen LogP contribution is -2.52. The summed E-state index contributed by atoms with van der Waals surface area (Å²) >= 11 is 12.8. The van der Waals surface area contributed by atoms with Gasteiger partial charge >= 0.3 is 0 Å².